The Morgan fingerprint density at radius 1 is 1.09 bits per heavy atom. The molecule has 1 saturated heterocycles. The first-order valence-corrected chi connectivity index (χ1v) is 11.7. The van der Waals surface area contributed by atoms with E-state index in [-0.39, 0.29) is 5.75 Å². The Balaban J connectivity index is 1.53. The topological polar surface area (TPSA) is 87.9 Å². The highest BCUT2D eigenvalue weighted by atomic mass is 35.5. The van der Waals surface area contributed by atoms with Gasteiger partial charge in [-0.1, -0.05) is 41.4 Å². The first kappa shape index (κ1) is 21.9. The third kappa shape index (κ3) is 4.76. The number of nitrogens with zero attached hydrogens (tertiary/aromatic N) is 4. The lowest BCUT2D eigenvalue weighted by molar-refractivity contribution is 0.341. The van der Waals surface area contributed by atoms with E-state index in [0.717, 1.165) is 43.7 Å². The molecule has 7 nitrogen and oxygen atoms in total. The molecule has 0 spiro atoms. The second-order valence-corrected chi connectivity index (χ2v) is 9.09. The Kier molecular flexibility index (Phi) is 6.35. The molecule has 1 atom stereocenters. The minimum atomic E-state index is 0.239. The van der Waals surface area contributed by atoms with Crippen LogP contribution in [0.15, 0.2) is 48.7 Å². The Hall–Kier alpha value is -2.87. The van der Waals surface area contributed by atoms with E-state index in [1.54, 1.807) is 18.3 Å². The maximum absolute atomic E-state index is 9.48. The summed E-state index contributed by atoms with van der Waals surface area (Å²) in [6.07, 6.45) is 4.01. The van der Waals surface area contributed by atoms with E-state index in [2.05, 4.69) is 20.2 Å². The van der Waals surface area contributed by atoms with Crippen LogP contribution in [0.5, 0.6) is 5.75 Å². The van der Waals surface area contributed by atoms with Gasteiger partial charge in [0.25, 0.3) is 0 Å². The number of fused-ring (bicyclic) bond motifs is 1. The van der Waals surface area contributed by atoms with Crippen molar-refractivity contribution >= 4 is 40.3 Å². The molecule has 0 radical (unpaired) electrons. The van der Waals surface area contributed by atoms with Gasteiger partial charge in [-0.05, 0) is 61.7 Å². The van der Waals surface area contributed by atoms with Crippen molar-refractivity contribution in [2.24, 2.45) is 5.92 Å². The van der Waals surface area contributed by atoms with Crippen molar-refractivity contribution in [3.63, 3.8) is 0 Å². The Morgan fingerprint density at radius 3 is 2.61 bits per heavy atom. The number of phenols is 1. The van der Waals surface area contributed by atoms with Gasteiger partial charge in [0, 0.05) is 13.1 Å². The molecule has 2 aromatic heterocycles. The van der Waals surface area contributed by atoms with Crippen LogP contribution in [-0.2, 0) is 13.1 Å². The molecule has 0 saturated carbocycles. The number of imidazole rings is 1. The lowest BCUT2D eigenvalue weighted by Crippen LogP contribution is -2.32. The molecule has 2 aromatic carbocycles. The zero-order valence-electron chi connectivity index (χ0n) is 17.9. The van der Waals surface area contributed by atoms with Gasteiger partial charge < -0.3 is 20.3 Å². The number of aromatic hydroxyl groups is 1. The van der Waals surface area contributed by atoms with Gasteiger partial charge in [-0.15, -0.1) is 0 Å². The average molecular weight is 483 g/mol. The zero-order valence-corrected chi connectivity index (χ0v) is 19.4. The summed E-state index contributed by atoms with van der Waals surface area (Å²) >= 11 is 13.1. The number of nitrogens with one attached hydrogen (secondary N) is 2. The fourth-order valence-electron chi connectivity index (χ4n) is 4.21. The lowest BCUT2D eigenvalue weighted by Gasteiger charge is -2.24. The number of phenolic OH excluding ortho intramolecular Hbond substituents is 1. The molecule has 3 N–H and O–H groups in total. The summed E-state index contributed by atoms with van der Waals surface area (Å²) < 4.78 is 2.12. The number of halogens is 2. The summed E-state index contributed by atoms with van der Waals surface area (Å²) in [5.41, 5.74) is 3.16. The number of hydrogen-bond acceptors (Lipinski definition) is 6. The lowest BCUT2D eigenvalue weighted by atomic mass is 9.99. The summed E-state index contributed by atoms with van der Waals surface area (Å²) in [6.45, 7) is 3.30. The highest BCUT2D eigenvalue weighted by Gasteiger charge is 2.23. The van der Waals surface area contributed by atoms with E-state index < -0.39 is 0 Å². The van der Waals surface area contributed by atoms with Crippen LogP contribution in [0.1, 0.15) is 18.4 Å². The zero-order chi connectivity index (χ0) is 22.8. The molecule has 3 heterocycles. The van der Waals surface area contributed by atoms with Crippen LogP contribution >= 0.6 is 23.2 Å². The van der Waals surface area contributed by atoms with Gasteiger partial charge in [0.15, 0.2) is 5.65 Å². The van der Waals surface area contributed by atoms with Gasteiger partial charge in [-0.2, -0.15) is 4.98 Å². The number of anilines is 1. The minimum Gasteiger partial charge on any atom is -0.508 e. The fourth-order valence-corrected chi connectivity index (χ4v) is 4.78. The summed E-state index contributed by atoms with van der Waals surface area (Å²) in [7, 11) is 0. The quantitative estimate of drug-likeness (QED) is 0.353. The monoisotopic (exact) mass is 482 g/mol. The molecule has 1 aliphatic heterocycles. The largest absolute Gasteiger partial charge is 0.508 e. The highest BCUT2D eigenvalue weighted by Crippen LogP contribution is 2.36. The van der Waals surface area contributed by atoms with E-state index in [0.29, 0.717) is 45.4 Å². The molecule has 9 heteroatoms. The normalized spacial score (nSPS) is 16.2. The van der Waals surface area contributed by atoms with E-state index in [1.807, 2.05) is 30.3 Å². The van der Waals surface area contributed by atoms with E-state index in [4.69, 9.17) is 33.2 Å². The van der Waals surface area contributed by atoms with Crippen molar-refractivity contribution < 1.29 is 5.11 Å². The third-order valence-corrected chi connectivity index (χ3v) is 6.53. The van der Waals surface area contributed by atoms with E-state index in [1.165, 1.54) is 0 Å². The number of benzene rings is 2. The number of rotatable bonds is 6. The van der Waals surface area contributed by atoms with Crippen LogP contribution in [0.2, 0.25) is 10.0 Å². The molecule has 5 rings (SSSR count). The van der Waals surface area contributed by atoms with Crippen molar-refractivity contribution in [1.29, 1.82) is 0 Å². The van der Waals surface area contributed by atoms with Crippen molar-refractivity contribution in [3.05, 3.63) is 64.3 Å². The first-order valence-electron chi connectivity index (χ1n) is 11.0. The standard InChI is InChI=1S/C24H24Cl2N6O/c25-18-4-1-5-19(26)21(18)23-30-20-13-29-24(28-12-15-6-8-17(33)9-7-15)31-22(20)32(23)14-16-3-2-10-27-11-16/h1,4-9,13,16,27,33H,2-3,10-12,14H2,(H,28,29,31). The molecule has 1 aliphatic rings. The number of aromatic nitrogens is 4. The highest BCUT2D eigenvalue weighted by molar-refractivity contribution is 6.39. The maximum Gasteiger partial charge on any atom is 0.225 e. The predicted octanol–water partition coefficient (Wildman–Crippen LogP) is 5.12. The second kappa shape index (κ2) is 9.55. The van der Waals surface area contributed by atoms with Gasteiger partial charge in [0.1, 0.15) is 17.1 Å². The number of piperidine rings is 1. The summed E-state index contributed by atoms with van der Waals surface area (Å²) in [5.74, 6) is 1.91. The number of hydrogen-bond donors (Lipinski definition) is 3. The molecule has 1 fully saturated rings. The fraction of sp³-hybridized carbons (Fsp3) is 0.292. The molecule has 1 unspecified atom stereocenters. The summed E-state index contributed by atoms with van der Waals surface area (Å²) in [5, 5.41) is 17.3. The minimum absolute atomic E-state index is 0.239. The van der Waals surface area contributed by atoms with Crippen molar-refractivity contribution in [1.82, 2.24) is 24.8 Å². The van der Waals surface area contributed by atoms with Gasteiger partial charge >= 0.3 is 0 Å². The van der Waals surface area contributed by atoms with Gasteiger partial charge in [-0.3, -0.25) is 0 Å². The Bertz CT molecular complexity index is 1250. The van der Waals surface area contributed by atoms with Crippen LogP contribution in [-0.4, -0.2) is 37.7 Å². The van der Waals surface area contributed by atoms with Gasteiger partial charge in [-0.25, -0.2) is 9.97 Å². The molecular weight excluding hydrogens is 459 g/mol. The van der Waals surface area contributed by atoms with Crippen LogP contribution in [0.4, 0.5) is 5.95 Å². The first-order chi connectivity index (χ1) is 16.1. The predicted molar refractivity (Wildman–Crippen MR) is 132 cm³/mol. The molecule has 0 amide bonds. The average Bonchev–Trinajstić information content (AvgIpc) is 3.16. The Morgan fingerprint density at radius 2 is 1.88 bits per heavy atom. The van der Waals surface area contributed by atoms with Crippen molar-refractivity contribution in [3.8, 4) is 17.1 Å². The SMILES string of the molecule is Oc1ccc(CNc2ncc3nc(-c4c(Cl)cccc4Cl)n(CC4CCCNC4)c3n2)cc1. The smallest absolute Gasteiger partial charge is 0.225 e. The third-order valence-electron chi connectivity index (χ3n) is 5.90. The van der Waals surface area contributed by atoms with Crippen LogP contribution in [0.25, 0.3) is 22.6 Å². The molecule has 4 aromatic rings. The van der Waals surface area contributed by atoms with E-state index >= 15 is 0 Å². The molecule has 0 aliphatic carbocycles. The molecule has 0 bridgehead atoms. The summed E-state index contributed by atoms with van der Waals surface area (Å²) in [4.78, 5) is 14.1. The Labute approximate surface area is 201 Å². The molecule has 170 valence electrons. The maximum atomic E-state index is 9.48. The summed E-state index contributed by atoms with van der Waals surface area (Å²) in [6, 6.07) is 12.5. The van der Waals surface area contributed by atoms with Crippen LogP contribution in [0.3, 0.4) is 0 Å². The van der Waals surface area contributed by atoms with Crippen molar-refractivity contribution in [2.45, 2.75) is 25.9 Å². The van der Waals surface area contributed by atoms with Crippen LogP contribution < -0.4 is 10.6 Å². The van der Waals surface area contributed by atoms with Gasteiger partial charge in [0.05, 0.1) is 21.8 Å². The van der Waals surface area contributed by atoms with Gasteiger partial charge in [0.2, 0.25) is 5.95 Å². The second-order valence-electron chi connectivity index (χ2n) is 8.28. The van der Waals surface area contributed by atoms with E-state index in [9.17, 15) is 5.11 Å². The van der Waals surface area contributed by atoms with Crippen molar-refractivity contribution in [2.75, 3.05) is 18.4 Å². The molecule has 33 heavy (non-hydrogen) atoms. The van der Waals surface area contributed by atoms with Crippen LogP contribution in [0, 0.1) is 5.92 Å². The molecular formula is C24H24Cl2N6O.